The number of ether oxygens (including phenoxy) is 4. The molecule has 3 N–H and O–H groups in total. The molecule has 16 nitrogen and oxygen atoms in total. The highest BCUT2D eigenvalue weighted by Crippen LogP contribution is 2.50. The molecule has 1 aromatic carbocycles. The number of amides is 4. The molecular weight excluding hydrogens is 922 g/mol. The van der Waals surface area contributed by atoms with Crippen molar-refractivity contribution in [3.05, 3.63) is 41.6 Å². The molecule has 380 valence electrons. The van der Waals surface area contributed by atoms with E-state index in [1.54, 1.807) is 19.1 Å². The predicted octanol–water partition coefficient (Wildman–Crippen LogP) is 6.33. The molecular formula is C49H67F3N6O10S. The van der Waals surface area contributed by atoms with E-state index in [9.17, 15) is 27.6 Å². The van der Waals surface area contributed by atoms with Crippen LogP contribution in [0.1, 0.15) is 122 Å². The van der Waals surface area contributed by atoms with Crippen LogP contribution in [0.15, 0.2) is 30.4 Å². The number of aromatic nitrogens is 1. The summed E-state index contributed by atoms with van der Waals surface area (Å²) in [6, 6.07) is 2.14. The van der Waals surface area contributed by atoms with Crippen molar-refractivity contribution in [2.45, 2.75) is 157 Å². The van der Waals surface area contributed by atoms with Gasteiger partial charge in [-0.1, -0.05) is 38.8 Å². The first kappa shape index (κ1) is 50.7. The van der Waals surface area contributed by atoms with Gasteiger partial charge in [-0.05, 0) is 109 Å². The average molecular weight is 989 g/mol. The standard InChI is InChI=1S/C49H67F3N6O10S/c1-31(2)29-67-45(62)54-38-12-9-7-5-6-8-11-32-15-20-48(32,44(61)56-69(63,64)46(3)21-22-46)55-42(59)39-28-47(30-58(39)43(38)60)19-16-35-36-27-34(66-26-10-25-65-33-17-23-57(4)24-18-33)13-14-37(36)53-41(40(35)68-47)49(50,51)52/h8,11,13-14,27,31-33,38-39H,5-7,9-10,12,15-26,28-30H2,1-4H3,(H,54,62)(H,55,59)(H,56,61)/b11-8-/t32-,38+,39+,47-,48-/m1/s1. The third kappa shape index (κ3) is 11.1. The molecule has 0 bridgehead atoms. The van der Waals surface area contributed by atoms with Crippen LogP contribution in [0.3, 0.4) is 0 Å². The lowest BCUT2D eigenvalue weighted by Gasteiger charge is -2.48. The number of carbonyl (C=O) groups is 4. The number of carbonyl (C=O) groups excluding carboxylic acids is 4. The third-order valence-electron chi connectivity index (χ3n) is 14.9. The van der Waals surface area contributed by atoms with Crippen molar-refractivity contribution < 1.29 is 59.7 Å². The fourth-order valence-electron chi connectivity index (χ4n) is 10.2. The Bertz CT molecular complexity index is 2410. The fraction of sp³-hybridized carbons (Fsp3) is 0.694. The molecule has 4 fully saturated rings. The Morgan fingerprint density at radius 2 is 1.80 bits per heavy atom. The molecule has 2 saturated heterocycles. The van der Waals surface area contributed by atoms with Gasteiger partial charge in [-0.2, -0.15) is 13.2 Å². The van der Waals surface area contributed by atoms with E-state index in [1.165, 1.54) is 11.0 Å². The summed E-state index contributed by atoms with van der Waals surface area (Å²) in [6.45, 7) is 7.79. The first-order valence-electron chi connectivity index (χ1n) is 24.7. The van der Waals surface area contributed by atoms with Gasteiger partial charge in [-0.3, -0.25) is 19.1 Å². The van der Waals surface area contributed by atoms with Crippen LogP contribution in [-0.4, -0.2) is 128 Å². The van der Waals surface area contributed by atoms with Crippen molar-refractivity contribution >= 4 is 44.7 Å². The molecule has 5 heterocycles. The molecule has 0 radical (unpaired) electrons. The topological polar surface area (TPSA) is 195 Å². The fourth-order valence-corrected chi connectivity index (χ4v) is 11.6. The number of pyridine rings is 1. The molecule has 1 spiro atoms. The number of sulfonamides is 1. The number of fused-ring (bicyclic) bond motifs is 5. The maximum Gasteiger partial charge on any atom is 0.437 e. The SMILES string of the molecule is CC(C)COC(=O)N[C@H]1CCCCC/C=C\[C@@H]2CC[C@@]2(C(=O)NS(=O)(=O)C2(C)CC2)NC(=O)[C@@H]2C[C@]3(CCc4c(c(C(F)(F)F)nc5ccc(OCCCOC6CCN(C)CC6)cc45)O3)CN2C1=O. The minimum absolute atomic E-state index is 0.00145. The molecule has 0 unspecified atom stereocenters. The van der Waals surface area contributed by atoms with Crippen molar-refractivity contribution in [2.24, 2.45) is 11.8 Å². The minimum atomic E-state index is -4.95. The zero-order valence-corrected chi connectivity index (χ0v) is 40.9. The summed E-state index contributed by atoms with van der Waals surface area (Å²) < 4.78 is 97.2. The van der Waals surface area contributed by atoms with Crippen molar-refractivity contribution in [1.82, 2.24) is 30.1 Å². The third-order valence-corrected chi connectivity index (χ3v) is 17.1. The van der Waals surface area contributed by atoms with E-state index in [4.69, 9.17) is 18.9 Å². The smallest absolute Gasteiger partial charge is 0.437 e. The summed E-state index contributed by atoms with van der Waals surface area (Å²) in [5.74, 6) is -3.03. The first-order valence-corrected chi connectivity index (χ1v) is 26.1. The number of halogens is 3. The summed E-state index contributed by atoms with van der Waals surface area (Å²) in [5, 5.41) is 5.98. The highest BCUT2D eigenvalue weighted by atomic mass is 32.2. The van der Waals surface area contributed by atoms with Crippen LogP contribution in [-0.2, 0) is 46.5 Å². The van der Waals surface area contributed by atoms with Crippen molar-refractivity contribution in [3.8, 4) is 11.5 Å². The summed E-state index contributed by atoms with van der Waals surface area (Å²) >= 11 is 0. The Labute approximate surface area is 402 Å². The van der Waals surface area contributed by atoms with Gasteiger partial charge < -0.3 is 39.4 Å². The van der Waals surface area contributed by atoms with Crippen LogP contribution >= 0.6 is 0 Å². The van der Waals surface area contributed by atoms with Gasteiger partial charge in [-0.25, -0.2) is 18.2 Å². The van der Waals surface area contributed by atoms with Gasteiger partial charge >= 0.3 is 12.3 Å². The molecule has 5 atom stereocenters. The van der Waals surface area contributed by atoms with Crippen LogP contribution in [0.25, 0.3) is 10.9 Å². The van der Waals surface area contributed by atoms with E-state index in [-0.39, 0.29) is 68.4 Å². The second-order valence-corrected chi connectivity index (χ2v) is 22.9. The summed E-state index contributed by atoms with van der Waals surface area (Å²) in [4.78, 5) is 64.9. The van der Waals surface area contributed by atoms with Crippen molar-refractivity contribution in [3.63, 3.8) is 0 Å². The van der Waals surface area contributed by atoms with Gasteiger partial charge in [0.2, 0.25) is 21.8 Å². The molecule has 69 heavy (non-hydrogen) atoms. The Hall–Kier alpha value is -4.69. The van der Waals surface area contributed by atoms with Gasteiger partial charge in [0.25, 0.3) is 5.91 Å². The lowest BCUT2D eigenvalue weighted by atomic mass is 9.65. The summed E-state index contributed by atoms with van der Waals surface area (Å²) in [7, 11) is -2.04. The maximum atomic E-state index is 15.1. The second-order valence-electron chi connectivity index (χ2n) is 20.7. The summed E-state index contributed by atoms with van der Waals surface area (Å²) in [6.07, 6.45) is 4.50. The lowest BCUT2D eigenvalue weighted by molar-refractivity contribution is -0.145. The number of alkyl halides is 3. The van der Waals surface area contributed by atoms with Crippen LogP contribution in [0, 0.1) is 11.8 Å². The number of aryl methyl sites for hydroxylation is 1. The predicted molar refractivity (Wildman–Crippen MR) is 249 cm³/mol. The lowest BCUT2D eigenvalue weighted by Crippen LogP contribution is -2.70. The first-order chi connectivity index (χ1) is 32.7. The number of likely N-dealkylation sites (tertiary alicyclic amines) is 1. The number of benzene rings is 1. The van der Waals surface area contributed by atoms with Crippen molar-refractivity contribution in [1.29, 1.82) is 0 Å². The number of allylic oxidation sites excluding steroid dienone is 1. The number of rotatable bonds is 12. The van der Waals surface area contributed by atoms with Crippen LogP contribution < -0.4 is 24.8 Å². The Morgan fingerprint density at radius 3 is 2.49 bits per heavy atom. The zero-order chi connectivity index (χ0) is 49.4. The van der Waals surface area contributed by atoms with Gasteiger partial charge in [0.05, 0.1) is 42.7 Å². The average Bonchev–Trinajstić information content (AvgIpc) is 3.96. The Kier molecular flexibility index (Phi) is 14.8. The zero-order valence-electron chi connectivity index (χ0n) is 40.1. The largest absolute Gasteiger partial charge is 0.493 e. The van der Waals surface area contributed by atoms with E-state index in [1.807, 2.05) is 26.0 Å². The molecule has 20 heteroatoms. The van der Waals surface area contributed by atoms with Crippen molar-refractivity contribution in [2.75, 3.05) is 46.5 Å². The van der Waals surface area contributed by atoms with Crippen LogP contribution in [0.2, 0.25) is 0 Å². The molecule has 2 saturated carbocycles. The second kappa shape index (κ2) is 20.2. The van der Waals surface area contributed by atoms with Gasteiger partial charge in [-0.15, -0.1) is 0 Å². The number of hydrogen-bond donors (Lipinski definition) is 3. The van der Waals surface area contributed by atoms with E-state index >= 15 is 13.2 Å². The number of piperidine rings is 1. The molecule has 4 amide bonds. The van der Waals surface area contributed by atoms with E-state index in [2.05, 4.69) is 32.3 Å². The maximum absolute atomic E-state index is 15.1. The molecule has 2 aromatic rings. The normalized spacial score (nSPS) is 28.2. The molecule has 8 rings (SSSR count). The number of nitrogens with zero attached hydrogens (tertiary/aromatic N) is 3. The highest BCUT2D eigenvalue weighted by molar-refractivity contribution is 7.91. The van der Waals surface area contributed by atoms with E-state index in [0.29, 0.717) is 75.7 Å². The molecule has 2 aliphatic carbocycles. The molecule has 1 aromatic heterocycles. The number of nitrogens with one attached hydrogen (secondary N) is 3. The Balaban J connectivity index is 1.10. The van der Waals surface area contributed by atoms with Gasteiger partial charge in [0, 0.05) is 42.8 Å². The highest BCUT2D eigenvalue weighted by Gasteiger charge is 2.60. The van der Waals surface area contributed by atoms with Crippen LogP contribution in [0.5, 0.6) is 11.5 Å². The monoisotopic (exact) mass is 988 g/mol. The molecule has 4 aliphatic heterocycles. The number of alkyl carbamates (subject to hydrolysis) is 1. The number of hydrogen-bond acceptors (Lipinski definition) is 12. The summed E-state index contributed by atoms with van der Waals surface area (Å²) in [5.41, 5.74) is -4.15. The van der Waals surface area contributed by atoms with Crippen LogP contribution in [0.4, 0.5) is 18.0 Å². The molecule has 6 aliphatic rings. The minimum Gasteiger partial charge on any atom is -0.493 e. The van der Waals surface area contributed by atoms with Gasteiger partial charge in [0.1, 0.15) is 29.0 Å². The Morgan fingerprint density at radius 1 is 1.03 bits per heavy atom. The quantitative estimate of drug-likeness (QED) is 0.158. The van der Waals surface area contributed by atoms with E-state index in [0.717, 1.165) is 25.9 Å². The van der Waals surface area contributed by atoms with E-state index < -0.39 is 85.3 Å². The van der Waals surface area contributed by atoms with Gasteiger partial charge in [0.15, 0.2) is 11.4 Å².